The predicted molar refractivity (Wildman–Crippen MR) is 85.6 cm³/mol. The third-order valence-corrected chi connectivity index (χ3v) is 3.95. The summed E-state index contributed by atoms with van der Waals surface area (Å²) in [6, 6.07) is 8.83. The normalized spacial score (nSPS) is 17.2. The number of halogens is 1. The van der Waals surface area contributed by atoms with E-state index in [2.05, 4.69) is 10.4 Å². The second-order valence-electron chi connectivity index (χ2n) is 5.26. The van der Waals surface area contributed by atoms with Crippen LogP contribution < -0.4 is 10.1 Å². The zero-order valence-corrected chi connectivity index (χ0v) is 13.3. The van der Waals surface area contributed by atoms with Crippen LogP contribution in [0.15, 0.2) is 36.5 Å². The molecule has 122 valence electrons. The minimum atomic E-state index is -0.194. The third kappa shape index (κ3) is 4.03. The number of amides is 1. The third-order valence-electron chi connectivity index (χ3n) is 3.64. The lowest BCUT2D eigenvalue weighted by Crippen LogP contribution is -2.33. The summed E-state index contributed by atoms with van der Waals surface area (Å²) < 4.78 is 12.6. The molecular formula is C16H18ClN3O3. The Morgan fingerprint density at radius 1 is 1.43 bits per heavy atom. The topological polar surface area (TPSA) is 65.4 Å². The van der Waals surface area contributed by atoms with Crippen LogP contribution >= 0.6 is 11.6 Å². The Kier molecular flexibility index (Phi) is 5.15. The van der Waals surface area contributed by atoms with Crippen LogP contribution in [-0.4, -0.2) is 34.9 Å². The Morgan fingerprint density at radius 3 is 3.09 bits per heavy atom. The van der Waals surface area contributed by atoms with Crippen molar-refractivity contribution in [1.29, 1.82) is 0 Å². The van der Waals surface area contributed by atoms with Gasteiger partial charge in [0.1, 0.15) is 11.4 Å². The van der Waals surface area contributed by atoms with Crippen molar-refractivity contribution in [2.45, 2.75) is 25.7 Å². The first kappa shape index (κ1) is 15.8. The number of hydrogen-bond donors (Lipinski definition) is 1. The number of nitrogens with zero attached hydrogens (tertiary/aromatic N) is 2. The van der Waals surface area contributed by atoms with Gasteiger partial charge < -0.3 is 14.8 Å². The fraction of sp³-hybridized carbons (Fsp3) is 0.375. The van der Waals surface area contributed by atoms with Crippen LogP contribution in [0.4, 0.5) is 0 Å². The Bertz CT molecular complexity index is 668. The van der Waals surface area contributed by atoms with E-state index >= 15 is 0 Å². The molecule has 1 aromatic heterocycles. The molecule has 1 aliphatic heterocycles. The van der Waals surface area contributed by atoms with Crippen LogP contribution in [-0.2, 0) is 11.5 Å². The molecule has 0 radical (unpaired) electrons. The first-order chi connectivity index (χ1) is 11.2. The lowest BCUT2D eigenvalue weighted by atomic mass is 10.2. The minimum absolute atomic E-state index is 0.106. The molecule has 7 heteroatoms. The zero-order chi connectivity index (χ0) is 16.1. The van der Waals surface area contributed by atoms with E-state index in [0.29, 0.717) is 23.0 Å². The van der Waals surface area contributed by atoms with Crippen molar-refractivity contribution < 1.29 is 14.3 Å². The van der Waals surface area contributed by atoms with Gasteiger partial charge in [0.05, 0.1) is 11.1 Å². The van der Waals surface area contributed by atoms with Crippen LogP contribution in [0.1, 0.15) is 23.3 Å². The lowest BCUT2D eigenvalue weighted by Gasteiger charge is -2.12. The first-order valence-corrected chi connectivity index (χ1v) is 7.91. The minimum Gasteiger partial charge on any atom is -0.470 e. The smallest absolute Gasteiger partial charge is 0.269 e. The maximum absolute atomic E-state index is 12.3. The molecule has 2 aromatic rings. The molecule has 3 rings (SSSR count). The molecule has 1 N–H and O–H groups in total. The van der Waals surface area contributed by atoms with Gasteiger partial charge in [0.2, 0.25) is 0 Å². The molecular weight excluding hydrogens is 318 g/mol. The molecule has 1 unspecified atom stereocenters. The quantitative estimate of drug-likeness (QED) is 0.880. The molecule has 23 heavy (non-hydrogen) atoms. The average molecular weight is 336 g/mol. The maximum Gasteiger partial charge on any atom is 0.269 e. The Morgan fingerprint density at radius 2 is 2.30 bits per heavy atom. The van der Waals surface area contributed by atoms with Crippen molar-refractivity contribution in [2.24, 2.45) is 0 Å². The fourth-order valence-electron chi connectivity index (χ4n) is 2.42. The SMILES string of the molecule is O=C(NCC1CCCO1)c1ccnn1COc1ccccc1Cl. The van der Waals surface area contributed by atoms with Gasteiger partial charge in [0, 0.05) is 19.3 Å². The molecule has 0 spiro atoms. The van der Waals surface area contributed by atoms with Crippen LogP contribution in [0.3, 0.4) is 0 Å². The standard InChI is InChI=1S/C16H18ClN3O3/c17-13-5-1-2-6-15(13)23-11-20-14(7-8-19-20)16(21)18-10-12-4-3-9-22-12/h1-2,5-8,12H,3-4,9-11H2,(H,18,21). The number of rotatable bonds is 6. The number of carbonyl (C=O) groups excluding carboxylic acids is 1. The van der Waals surface area contributed by atoms with Crippen LogP contribution in [0.25, 0.3) is 0 Å². The Balaban J connectivity index is 1.58. The van der Waals surface area contributed by atoms with Crippen molar-refractivity contribution in [3.63, 3.8) is 0 Å². The number of nitrogens with one attached hydrogen (secondary N) is 1. The summed E-state index contributed by atoms with van der Waals surface area (Å²) >= 11 is 6.04. The monoisotopic (exact) mass is 335 g/mol. The largest absolute Gasteiger partial charge is 0.470 e. The van der Waals surface area contributed by atoms with Gasteiger partial charge in [-0.15, -0.1) is 0 Å². The van der Waals surface area contributed by atoms with E-state index in [4.69, 9.17) is 21.1 Å². The summed E-state index contributed by atoms with van der Waals surface area (Å²) in [5.41, 5.74) is 0.440. The molecule has 6 nitrogen and oxygen atoms in total. The summed E-state index contributed by atoms with van der Waals surface area (Å²) in [6.45, 7) is 1.39. The highest BCUT2D eigenvalue weighted by Gasteiger charge is 2.18. The molecule has 2 heterocycles. The van der Waals surface area contributed by atoms with Crippen LogP contribution in [0.5, 0.6) is 5.75 Å². The van der Waals surface area contributed by atoms with Crippen molar-refractivity contribution in [3.05, 3.63) is 47.2 Å². The van der Waals surface area contributed by atoms with Gasteiger partial charge in [-0.2, -0.15) is 5.10 Å². The highest BCUT2D eigenvalue weighted by atomic mass is 35.5. The highest BCUT2D eigenvalue weighted by molar-refractivity contribution is 6.32. The number of carbonyl (C=O) groups is 1. The summed E-state index contributed by atoms with van der Waals surface area (Å²) in [5, 5.41) is 7.51. The van der Waals surface area contributed by atoms with Crippen molar-refractivity contribution in [3.8, 4) is 5.75 Å². The molecule has 0 aliphatic carbocycles. The van der Waals surface area contributed by atoms with E-state index in [0.717, 1.165) is 19.4 Å². The number of aromatic nitrogens is 2. The van der Waals surface area contributed by atoms with Gasteiger partial charge in [-0.3, -0.25) is 4.79 Å². The van der Waals surface area contributed by atoms with E-state index in [1.807, 2.05) is 12.1 Å². The summed E-state index contributed by atoms with van der Waals surface area (Å²) in [6.07, 6.45) is 3.70. The molecule has 0 saturated carbocycles. The number of benzene rings is 1. The molecule has 0 bridgehead atoms. The molecule has 1 amide bonds. The van der Waals surface area contributed by atoms with Gasteiger partial charge >= 0.3 is 0 Å². The Hall–Kier alpha value is -2.05. The zero-order valence-electron chi connectivity index (χ0n) is 12.6. The van der Waals surface area contributed by atoms with Gasteiger partial charge in [-0.25, -0.2) is 4.68 Å². The summed E-state index contributed by atoms with van der Waals surface area (Å²) in [4.78, 5) is 12.3. The van der Waals surface area contributed by atoms with Crippen LogP contribution in [0, 0.1) is 0 Å². The van der Waals surface area contributed by atoms with Crippen molar-refractivity contribution in [2.75, 3.05) is 13.2 Å². The second kappa shape index (κ2) is 7.48. The van der Waals surface area contributed by atoms with Gasteiger partial charge in [0.25, 0.3) is 5.91 Å². The van der Waals surface area contributed by atoms with Gasteiger partial charge in [0.15, 0.2) is 6.73 Å². The maximum atomic E-state index is 12.3. The fourth-order valence-corrected chi connectivity index (χ4v) is 2.61. The van der Waals surface area contributed by atoms with Gasteiger partial charge in [-0.05, 0) is 31.0 Å². The molecule has 1 aromatic carbocycles. The number of hydrogen-bond acceptors (Lipinski definition) is 4. The Labute approximate surface area is 139 Å². The average Bonchev–Trinajstić information content (AvgIpc) is 3.23. The summed E-state index contributed by atoms with van der Waals surface area (Å²) in [5.74, 6) is 0.358. The van der Waals surface area contributed by atoms with Crippen molar-refractivity contribution in [1.82, 2.24) is 15.1 Å². The second-order valence-corrected chi connectivity index (χ2v) is 5.67. The van der Waals surface area contributed by atoms with E-state index in [9.17, 15) is 4.79 Å². The highest BCUT2D eigenvalue weighted by Crippen LogP contribution is 2.23. The van der Waals surface area contributed by atoms with E-state index in [-0.39, 0.29) is 18.7 Å². The molecule has 1 fully saturated rings. The van der Waals surface area contributed by atoms with E-state index in [1.54, 1.807) is 24.4 Å². The van der Waals surface area contributed by atoms with E-state index < -0.39 is 0 Å². The first-order valence-electron chi connectivity index (χ1n) is 7.53. The van der Waals surface area contributed by atoms with Gasteiger partial charge in [-0.1, -0.05) is 23.7 Å². The predicted octanol–water partition coefficient (Wildman–Crippen LogP) is 2.48. The number of ether oxygens (including phenoxy) is 2. The van der Waals surface area contributed by atoms with Crippen molar-refractivity contribution >= 4 is 17.5 Å². The van der Waals surface area contributed by atoms with Crippen LogP contribution in [0.2, 0.25) is 5.02 Å². The number of para-hydroxylation sites is 1. The molecule has 1 atom stereocenters. The summed E-state index contributed by atoms with van der Waals surface area (Å²) in [7, 11) is 0. The van der Waals surface area contributed by atoms with E-state index in [1.165, 1.54) is 4.68 Å². The lowest BCUT2D eigenvalue weighted by molar-refractivity contribution is 0.0841. The molecule has 1 aliphatic rings. The molecule has 1 saturated heterocycles.